The fourth-order valence-corrected chi connectivity index (χ4v) is 2.95. The van der Waals surface area contributed by atoms with Crippen molar-refractivity contribution in [3.63, 3.8) is 0 Å². The first kappa shape index (κ1) is 14.5. The molecule has 8 heteroatoms. The van der Waals surface area contributed by atoms with E-state index in [-0.39, 0.29) is 0 Å². The second-order valence-electron chi connectivity index (χ2n) is 6.09. The van der Waals surface area contributed by atoms with Gasteiger partial charge in [-0.2, -0.15) is 0 Å². The lowest BCUT2D eigenvalue weighted by Gasteiger charge is -2.26. The van der Waals surface area contributed by atoms with Crippen molar-refractivity contribution in [1.29, 1.82) is 0 Å². The van der Waals surface area contributed by atoms with Gasteiger partial charge in [0.15, 0.2) is 0 Å². The molecule has 112 valence electrons. The summed E-state index contributed by atoms with van der Waals surface area (Å²) in [5.74, 6) is -1.39. The van der Waals surface area contributed by atoms with Crippen LogP contribution in [-0.2, 0) is 14.3 Å². The number of nitro groups is 1. The number of hydrogen-bond acceptors (Lipinski definition) is 6. The van der Waals surface area contributed by atoms with Crippen molar-refractivity contribution < 1.29 is 24.0 Å². The Morgan fingerprint density at radius 2 is 2.00 bits per heavy atom. The van der Waals surface area contributed by atoms with Crippen LogP contribution in [0.2, 0.25) is 0 Å². The molecule has 0 spiro atoms. The third-order valence-corrected chi connectivity index (χ3v) is 3.75. The third-order valence-electron chi connectivity index (χ3n) is 3.75. The van der Waals surface area contributed by atoms with Crippen LogP contribution < -0.4 is 0 Å². The van der Waals surface area contributed by atoms with Crippen LogP contribution in [0.5, 0.6) is 0 Å². The van der Waals surface area contributed by atoms with Gasteiger partial charge in [0, 0.05) is 11.5 Å². The Labute approximate surface area is 116 Å². The molecule has 1 saturated carbocycles. The molecule has 0 radical (unpaired) electrons. The second kappa shape index (κ2) is 4.32. The zero-order valence-corrected chi connectivity index (χ0v) is 11.9. The first-order valence-corrected chi connectivity index (χ1v) is 6.38. The number of amides is 1. The minimum absolute atomic E-state index is 0.358. The van der Waals surface area contributed by atoms with Gasteiger partial charge in [0.05, 0.1) is 13.0 Å². The van der Waals surface area contributed by atoms with E-state index in [9.17, 15) is 19.7 Å². The molecule has 3 atom stereocenters. The Hall–Kier alpha value is -1.86. The van der Waals surface area contributed by atoms with Crippen molar-refractivity contribution in [3.8, 4) is 0 Å². The maximum atomic E-state index is 12.0. The molecule has 0 aromatic carbocycles. The number of rotatable bonds is 2. The van der Waals surface area contributed by atoms with Crippen LogP contribution in [0.15, 0.2) is 0 Å². The largest absolute Gasteiger partial charge is 0.464 e. The number of hydrogen-bond donors (Lipinski definition) is 0. The molecule has 20 heavy (non-hydrogen) atoms. The molecule has 2 fully saturated rings. The Balaban J connectivity index is 2.20. The third kappa shape index (κ3) is 1.90. The highest BCUT2D eigenvalue weighted by Crippen LogP contribution is 2.57. The molecule has 1 aliphatic carbocycles. The molecule has 0 N–H and O–H groups in total. The molecule has 8 nitrogen and oxygen atoms in total. The van der Waals surface area contributed by atoms with Gasteiger partial charge in [-0.25, -0.2) is 9.59 Å². The fraction of sp³-hybridized carbons (Fsp3) is 0.833. The molecule has 3 unspecified atom stereocenters. The number of fused-ring (bicyclic) bond motifs is 1. The van der Waals surface area contributed by atoms with Crippen molar-refractivity contribution in [2.24, 2.45) is 5.92 Å². The van der Waals surface area contributed by atoms with Crippen molar-refractivity contribution in [2.75, 3.05) is 13.7 Å². The van der Waals surface area contributed by atoms with E-state index in [4.69, 9.17) is 4.74 Å². The number of likely N-dealkylation sites (tertiary alicyclic amines) is 1. The first-order chi connectivity index (χ1) is 9.16. The lowest BCUT2D eigenvalue weighted by Crippen LogP contribution is -2.47. The quantitative estimate of drug-likeness (QED) is 0.423. The minimum atomic E-state index is -1.82. The molecule has 1 saturated heterocycles. The minimum Gasteiger partial charge on any atom is -0.464 e. The monoisotopic (exact) mass is 286 g/mol. The van der Waals surface area contributed by atoms with Gasteiger partial charge in [0.1, 0.15) is 11.6 Å². The average Bonchev–Trinajstić information content (AvgIpc) is 2.76. The van der Waals surface area contributed by atoms with Gasteiger partial charge in [-0.15, -0.1) is 0 Å². The van der Waals surface area contributed by atoms with Gasteiger partial charge in [-0.05, 0) is 27.2 Å². The highest BCUT2D eigenvalue weighted by atomic mass is 16.6. The van der Waals surface area contributed by atoms with Crippen LogP contribution in [0, 0.1) is 16.0 Å². The van der Waals surface area contributed by atoms with E-state index in [0.717, 1.165) is 7.11 Å². The maximum absolute atomic E-state index is 12.0. The van der Waals surface area contributed by atoms with Crippen LogP contribution in [0.3, 0.4) is 0 Å². The summed E-state index contributed by atoms with van der Waals surface area (Å²) in [5, 5.41) is 11.3. The Morgan fingerprint density at radius 1 is 1.40 bits per heavy atom. The fourth-order valence-electron chi connectivity index (χ4n) is 2.95. The highest BCUT2D eigenvalue weighted by molar-refractivity contribution is 5.87. The topological polar surface area (TPSA) is 99.0 Å². The standard InChI is InChI=1S/C12H18N2O6/c1-11(2,3)20-10(16)13-6-5-7-8(13)12(7,14(17)18)9(15)19-4/h7-8H,5-6H2,1-4H3. The normalized spacial score (nSPS) is 31.5. The van der Waals surface area contributed by atoms with Gasteiger partial charge in [0.2, 0.25) is 0 Å². The summed E-state index contributed by atoms with van der Waals surface area (Å²) < 4.78 is 9.76. The molecule has 1 heterocycles. The number of carbonyl (C=O) groups is 2. The van der Waals surface area contributed by atoms with Gasteiger partial charge >= 0.3 is 17.6 Å². The van der Waals surface area contributed by atoms with Crippen LogP contribution in [0.25, 0.3) is 0 Å². The SMILES string of the molecule is COC(=O)C1([N+](=O)[O-])C2CCN(C(=O)OC(C)(C)C)C21. The highest BCUT2D eigenvalue weighted by Gasteiger charge is 2.86. The molecule has 1 amide bonds. The van der Waals surface area contributed by atoms with E-state index in [1.165, 1.54) is 4.90 Å². The van der Waals surface area contributed by atoms with E-state index < -0.39 is 40.1 Å². The smallest absolute Gasteiger partial charge is 0.410 e. The Morgan fingerprint density at radius 3 is 2.45 bits per heavy atom. The summed E-state index contributed by atoms with van der Waals surface area (Å²) in [6.07, 6.45) is -0.224. The summed E-state index contributed by atoms with van der Waals surface area (Å²) in [6.45, 7) is 5.50. The van der Waals surface area contributed by atoms with Gasteiger partial charge in [-0.3, -0.25) is 15.0 Å². The van der Waals surface area contributed by atoms with Crippen LogP contribution >= 0.6 is 0 Å². The van der Waals surface area contributed by atoms with Crippen LogP contribution in [0.1, 0.15) is 27.2 Å². The molecule has 1 aliphatic heterocycles. The number of ether oxygens (including phenoxy) is 2. The summed E-state index contributed by atoms with van der Waals surface area (Å²) >= 11 is 0. The Bertz CT molecular complexity index is 471. The van der Waals surface area contributed by atoms with Gasteiger partial charge < -0.3 is 9.47 Å². The number of esters is 1. The maximum Gasteiger partial charge on any atom is 0.410 e. The summed E-state index contributed by atoms with van der Waals surface area (Å²) in [5.41, 5.74) is -2.50. The van der Waals surface area contributed by atoms with Gasteiger partial charge in [-0.1, -0.05) is 0 Å². The van der Waals surface area contributed by atoms with Crippen molar-refractivity contribution in [2.45, 2.75) is 44.4 Å². The van der Waals surface area contributed by atoms with Gasteiger partial charge in [0.25, 0.3) is 0 Å². The number of methoxy groups -OCH3 is 1. The second-order valence-corrected chi connectivity index (χ2v) is 6.09. The summed E-state index contributed by atoms with van der Waals surface area (Å²) in [7, 11) is 1.11. The van der Waals surface area contributed by atoms with Crippen molar-refractivity contribution >= 4 is 12.1 Å². The molecular weight excluding hydrogens is 268 g/mol. The molecule has 2 rings (SSSR count). The van der Waals surface area contributed by atoms with E-state index in [1.807, 2.05) is 0 Å². The van der Waals surface area contributed by atoms with E-state index in [1.54, 1.807) is 20.8 Å². The molecule has 2 aliphatic rings. The van der Waals surface area contributed by atoms with E-state index >= 15 is 0 Å². The van der Waals surface area contributed by atoms with Crippen LogP contribution in [-0.4, -0.2) is 52.7 Å². The first-order valence-electron chi connectivity index (χ1n) is 6.38. The average molecular weight is 286 g/mol. The zero-order valence-electron chi connectivity index (χ0n) is 11.9. The molecule has 0 aromatic rings. The lowest BCUT2D eigenvalue weighted by atomic mass is 10.1. The number of piperidine rings is 1. The summed E-state index contributed by atoms with van der Waals surface area (Å²) in [4.78, 5) is 35.7. The number of carbonyl (C=O) groups excluding carboxylic acids is 2. The van der Waals surface area contributed by atoms with Crippen molar-refractivity contribution in [3.05, 3.63) is 10.1 Å². The van der Waals surface area contributed by atoms with Crippen LogP contribution in [0.4, 0.5) is 4.79 Å². The van der Waals surface area contributed by atoms with E-state index in [2.05, 4.69) is 4.74 Å². The molecule has 0 aromatic heterocycles. The lowest BCUT2D eigenvalue weighted by molar-refractivity contribution is -0.533. The van der Waals surface area contributed by atoms with E-state index in [0.29, 0.717) is 13.0 Å². The predicted octanol–water partition coefficient (Wildman–Crippen LogP) is 0.814. The predicted molar refractivity (Wildman–Crippen MR) is 66.6 cm³/mol. The zero-order chi connectivity index (χ0) is 15.3. The summed E-state index contributed by atoms with van der Waals surface area (Å²) in [6, 6.07) is -0.764. The molecule has 0 bridgehead atoms. The van der Waals surface area contributed by atoms with Crippen molar-refractivity contribution in [1.82, 2.24) is 4.90 Å². The molecular formula is C12H18N2O6. The number of nitrogens with zero attached hydrogens (tertiary/aromatic N) is 2. The Kier molecular flexibility index (Phi) is 3.14.